The van der Waals surface area contributed by atoms with Crippen LogP contribution >= 0.6 is 23.2 Å². The molecule has 0 bridgehead atoms. The third kappa shape index (κ3) is 5.66. The lowest BCUT2D eigenvalue weighted by atomic mass is 10.1. The third-order valence-electron chi connectivity index (χ3n) is 4.47. The van der Waals surface area contributed by atoms with Crippen LogP contribution < -0.4 is 10.1 Å². The van der Waals surface area contributed by atoms with Crippen molar-refractivity contribution in [3.05, 3.63) is 63.8 Å². The fourth-order valence-electron chi connectivity index (χ4n) is 3.00. The Balaban J connectivity index is 1.99. The number of carbonyl (C=O) groups is 1. The van der Waals surface area contributed by atoms with Gasteiger partial charge in [-0.1, -0.05) is 35.3 Å². The summed E-state index contributed by atoms with van der Waals surface area (Å²) < 4.78 is 16.9. The lowest BCUT2D eigenvalue weighted by molar-refractivity contribution is 0.0633. The van der Waals surface area contributed by atoms with Crippen LogP contribution in [0.3, 0.4) is 0 Å². The Kier molecular flexibility index (Phi) is 8.09. The maximum atomic E-state index is 12.9. The van der Waals surface area contributed by atoms with E-state index in [0.29, 0.717) is 36.8 Å². The molecule has 0 saturated carbocycles. The SMILES string of the molecule is COCCOc1c(COC(C)C)cnc2c(NC(=O)c3c(Cl)cccc3Cl)cccc12. The number of carbonyl (C=O) groups excluding carboxylic acids is 1. The van der Waals surface area contributed by atoms with Gasteiger partial charge < -0.3 is 19.5 Å². The molecule has 0 radical (unpaired) electrons. The van der Waals surface area contributed by atoms with Crippen LogP contribution in [0.5, 0.6) is 5.75 Å². The fraction of sp³-hybridized carbons (Fsp3) is 0.304. The predicted octanol–water partition coefficient (Wildman–Crippen LogP) is 5.74. The van der Waals surface area contributed by atoms with E-state index < -0.39 is 5.91 Å². The van der Waals surface area contributed by atoms with E-state index in [-0.39, 0.29) is 21.7 Å². The van der Waals surface area contributed by atoms with E-state index in [1.54, 1.807) is 37.6 Å². The first kappa shape index (κ1) is 23.3. The largest absolute Gasteiger partial charge is 0.490 e. The summed E-state index contributed by atoms with van der Waals surface area (Å²) in [4.78, 5) is 17.4. The number of nitrogens with zero attached hydrogens (tertiary/aromatic N) is 1. The van der Waals surface area contributed by atoms with Gasteiger partial charge in [0.05, 0.1) is 46.1 Å². The number of anilines is 1. The summed E-state index contributed by atoms with van der Waals surface area (Å²) in [6.07, 6.45) is 1.76. The Labute approximate surface area is 191 Å². The second kappa shape index (κ2) is 10.8. The highest BCUT2D eigenvalue weighted by Crippen LogP contribution is 2.34. The molecule has 1 amide bonds. The minimum atomic E-state index is -0.418. The Bertz CT molecular complexity index is 1050. The van der Waals surface area contributed by atoms with E-state index >= 15 is 0 Å². The molecule has 0 spiro atoms. The smallest absolute Gasteiger partial charge is 0.258 e. The van der Waals surface area contributed by atoms with Gasteiger partial charge in [-0.3, -0.25) is 9.78 Å². The first-order valence-electron chi connectivity index (χ1n) is 9.81. The Morgan fingerprint density at radius 3 is 2.48 bits per heavy atom. The zero-order chi connectivity index (χ0) is 22.4. The highest BCUT2D eigenvalue weighted by molar-refractivity contribution is 6.40. The van der Waals surface area contributed by atoms with Crippen LogP contribution in [0.4, 0.5) is 5.69 Å². The van der Waals surface area contributed by atoms with Gasteiger partial charge in [0.15, 0.2) is 0 Å². The summed E-state index contributed by atoms with van der Waals surface area (Å²) in [6.45, 7) is 5.10. The number of ether oxygens (including phenoxy) is 3. The average molecular weight is 463 g/mol. The first-order chi connectivity index (χ1) is 14.9. The van der Waals surface area contributed by atoms with Crippen molar-refractivity contribution in [3.8, 4) is 5.75 Å². The monoisotopic (exact) mass is 462 g/mol. The summed E-state index contributed by atoms with van der Waals surface area (Å²) in [5.41, 5.74) is 2.13. The van der Waals surface area contributed by atoms with Gasteiger partial charge >= 0.3 is 0 Å². The molecule has 0 fully saturated rings. The predicted molar refractivity (Wildman–Crippen MR) is 123 cm³/mol. The summed E-state index contributed by atoms with van der Waals surface area (Å²) in [6, 6.07) is 10.4. The van der Waals surface area contributed by atoms with Crippen molar-refractivity contribution in [2.24, 2.45) is 0 Å². The molecule has 0 unspecified atom stereocenters. The van der Waals surface area contributed by atoms with Gasteiger partial charge in [-0.05, 0) is 38.1 Å². The zero-order valence-electron chi connectivity index (χ0n) is 17.6. The van der Waals surface area contributed by atoms with Crippen LogP contribution in [0, 0.1) is 0 Å². The van der Waals surface area contributed by atoms with Gasteiger partial charge in [0, 0.05) is 24.3 Å². The van der Waals surface area contributed by atoms with Crippen LogP contribution in [0.15, 0.2) is 42.6 Å². The van der Waals surface area contributed by atoms with Gasteiger partial charge in [-0.2, -0.15) is 0 Å². The van der Waals surface area contributed by atoms with E-state index in [4.69, 9.17) is 37.4 Å². The van der Waals surface area contributed by atoms with Gasteiger partial charge in [0.25, 0.3) is 5.91 Å². The van der Waals surface area contributed by atoms with Gasteiger partial charge in [0.2, 0.25) is 0 Å². The number of methoxy groups -OCH3 is 1. The lowest BCUT2D eigenvalue weighted by Gasteiger charge is -2.17. The molecule has 0 aliphatic rings. The normalized spacial score (nSPS) is 11.2. The van der Waals surface area contributed by atoms with E-state index in [1.807, 2.05) is 26.0 Å². The molecule has 0 aliphatic carbocycles. The molecule has 8 heteroatoms. The summed E-state index contributed by atoms with van der Waals surface area (Å²) in [5.74, 6) is 0.230. The van der Waals surface area contributed by atoms with E-state index in [2.05, 4.69) is 10.3 Å². The number of hydrogen-bond acceptors (Lipinski definition) is 5. The molecule has 1 aromatic heterocycles. The summed E-state index contributed by atoms with van der Waals surface area (Å²) >= 11 is 12.4. The number of halogens is 2. The van der Waals surface area contributed by atoms with Crippen LogP contribution in [-0.2, 0) is 16.1 Å². The number of aromatic nitrogens is 1. The number of benzene rings is 2. The summed E-state index contributed by atoms with van der Waals surface area (Å²) in [7, 11) is 1.62. The summed E-state index contributed by atoms with van der Waals surface area (Å²) in [5, 5.41) is 4.17. The van der Waals surface area contributed by atoms with Crippen molar-refractivity contribution in [3.63, 3.8) is 0 Å². The van der Waals surface area contributed by atoms with Crippen molar-refractivity contribution in [2.45, 2.75) is 26.6 Å². The molecule has 0 atom stereocenters. The molecule has 1 N–H and O–H groups in total. The number of para-hydroxylation sites is 1. The van der Waals surface area contributed by atoms with Crippen molar-refractivity contribution in [1.29, 1.82) is 0 Å². The van der Waals surface area contributed by atoms with Crippen LogP contribution in [0.1, 0.15) is 29.8 Å². The van der Waals surface area contributed by atoms with E-state index in [0.717, 1.165) is 10.9 Å². The number of amides is 1. The molecule has 1 heterocycles. The minimum absolute atomic E-state index is 0.0634. The topological polar surface area (TPSA) is 69.7 Å². The molecule has 2 aromatic carbocycles. The lowest BCUT2D eigenvalue weighted by Crippen LogP contribution is -2.14. The highest BCUT2D eigenvalue weighted by Gasteiger charge is 2.18. The third-order valence-corrected chi connectivity index (χ3v) is 5.10. The van der Waals surface area contributed by atoms with Crippen molar-refractivity contribution in [1.82, 2.24) is 4.98 Å². The number of rotatable bonds is 9. The van der Waals surface area contributed by atoms with Crippen molar-refractivity contribution < 1.29 is 19.0 Å². The molecule has 3 rings (SSSR count). The van der Waals surface area contributed by atoms with Crippen LogP contribution in [0.2, 0.25) is 10.0 Å². The average Bonchev–Trinajstić information content (AvgIpc) is 2.73. The standard InChI is InChI=1S/C23H24Cl2N2O4/c1-14(2)31-13-15-12-26-21-16(22(15)30-11-10-29-3)6-4-9-19(21)27-23(28)20-17(24)7-5-8-18(20)25/h4-9,12,14H,10-11,13H2,1-3H3,(H,27,28). The van der Waals surface area contributed by atoms with Gasteiger partial charge in [-0.15, -0.1) is 0 Å². The fourth-order valence-corrected chi connectivity index (χ4v) is 3.57. The molecule has 6 nitrogen and oxygen atoms in total. The first-order valence-corrected chi connectivity index (χ1v) is 10.6. The highest BCUT2D eigenvalue weighted by atomic mass is 35.5. The Morgan fingerprint density at radius 1 is 1.10 bits per heavy atom. The van der Waals surface area contributed by atoms with Crippen molar-refractivity contribution in [2.75, 3.05) is 25.6 Å². The molecule has 164 valence electrons. The quantitative estimate of drug-likeness (QED) is 0.410. The second-order valence-electron chi connectivity index (χ2n) is 7.07. The number of pyridine rings is 1. The molecule has 31 heavy (non-hydrogen) atoms. The van der Waals surface area contributed by atoms with Crippen LogP contribution in [0.25, 0.3) is 10.9 Å². The Hall–Kier alpha value is -2.38. The molecular weight excluding hydrogens is 439 g/mol. The number of fused-ring (bicyclic) bond motifs is 1. The van der Waals surface area contributed by atoms with Gasteiger partial charge in [0.1, 0.15) is 12.4 Å². The molecule has 0 saturated heterocycles. The van der Waals surface area contributed by atoms with E-state index in [9.17, 15) is 4.79 Å². The zero-order valence-corrected chi connectivity index (χ0v) is 19.1. The van der Waals surface area contributed by atoms with Crippen LogP contribution in [-0.4, -0.2) is 37.3 Å². The maximum Gasteiger partial charge on any atom is 0.258 e. The maximum absolute atomic E-state index is 12.9. The number of hydrogen-bond donors (Lipinski definition) is 1. The molecular formula is C23H24Cl2N2O4. The Morgan fingerprint density at radius 2 is 1.81 bits per heavy atom. The number of nitrogens with one attached hydrogen (secondary N) is 1. The van der Waals surface area contributed by atoms with E-state index in [1.165, 1.54) is 0 Å². The minimum Gasteiger partial charge on any atom is -0.490 e. The molecule has 0 aliphatic heterocycles. The van der Waals surface area contributed by atoms with Crippen molar-refractivity contribution >= 4 is 45.7 Å². The molecule has 3 aromatic rings. The van der Waals surface area contributed by atoms with Gasteiger partial charge in [-0.25, -0.2) is 0 Å². The second-order valence-corrected chi connectivity index (χ2v) is 7.88.